The van der Waals surface area contributed by atoms with E-state index in [1.165, 1.54) is 12.8 Å². The fraction of sp³-hybridized carbons (Fsp3) is 0.462. The van der Waals surface area contributed by atoms with Crippen molar-refractivity contribution in [3.63, 3.8) is 0 Å². The standard InChI is InChI=1S/C26H32N8O/c1-16-18(12-27)5-4-6-21(16)25(28)30-26-22-11-24(29-13-23(22)17(2)31-32-26)34-15-19-7-8-20(34)14-33(19)9-10-35-3/h4-6,11,13,19-20,25H,7-10,14-15,28H2,1-3H3,(H,30,32)/t19-,20?,25+/m1/s1. The molecular weight excluding hydrogens is 440 g/mol. The molecule has 182 valence electrons. The Morgan fingerprint density at radius 2 is 2.03 bits per heavy atom. The molecule has 3 saturated heterocycles. The Balaban J connectivity index is 1.44. The first-order valence-corrected chi connectivity index (χ1v) is 12.1. The first-order chi connectivity index (χ1) is 17.0. The topological polar surface area (TPSA) is 116 Å². The molecule has 0 aliphatic carbocycles. The van der Waals surface area contributed by atoms with Crippen LogP contribution in [0.25, 0.3) is 10.8 Å². The van der Waals surface area contributed by atoms with Crippen molar-refractivity contribution in [3.05, 3.63) is 52.8 Å². The van der Waals surface area contributed by atoms with Gasteiger partial charge in [-0.1, -0.05) is 12.1 Å². The van der Waals surface area contributed by atoms with Crippen molar-refractivity contribution in [1.29, 1.82) is 5.26 Å². The average molecular weight is 473 g/mol. The molecule has 9 heteroatoms. The summed E-state index contributed by atoms with van der Waals surface area (Å²) in [5, 5.41) is 23.4. The van der Waals surface area contributed by atoms with Crippen molar-refractivity contribution in [2.45, 2.75) is 44.9 Å². The highest BCUT2D eigenvalue weighted by atomic mass is 16.5. The van der Waals surface area contributed by atoms with Crippen LogP contribution >= 0.6 is 0 Å². The van der Waals surface area contributed by atoms with E-state index in [-0.39, 0.29) is 0 Å². The van der Waals surface area contributed by atoms with Gasteiger partial charge < -0.3 is 20.7 Å². The highest BCUT2D eigenvalue weighted by Crippen LogP contribution is 2.34. The van der Waals surface area contributed by atoms with E-state index >= 15 is 0 Å². The van der Waals surface area contributed by atoms with Crippen LogP contribution in [0.4, 0.5) is 11.6 Å². The molecule has 0 saturated carbocycles. The van der Waals surface area contributed by atoms with Crippen molar-refractivity contribution in [2.24, 2.45) is 5.73 Å². The van der Waals surface area contributed by atoms with Gasteiger partial charge in [0.05, 0.1) is 23.9 Å². The highest BCUT2D eigenvalue weighted by Gasteiger charge is 2.39. The van der Waals surface area contributed by atoms with E-state index in [9.17, 15) is 5.26 Å². The number of nitrogens with two attached hydrogens (primary N) is 1. The van der Waals surface area contributed by atoms with Gasteiger partial charge in [0.25, 0.3) is 0 Å². The van der Waals surface area contributed by atoms with Gasteiger partial charge in [0.2, 0.25) is 0 Å². The van der Waals surface area contributed by atoms with E-state index in [2.05, 4.69) is 37.4 Å². The number of nitriles is 1. The van der Waals surface area contributed by atoms with E-state index in [0.29, 0.717) is 23.5 Å². The summed E-state index contributed by atoms with van der Waals surface area (Å²) in [5.74, 6) is 1.58. The molecule has 1 aromatic carbocycles. The molecule has 0 spiro atoms. The summed E-state index contributed by atoms with van der Waals surface area (Å²) < 4.78 is 5.31. The van der Waals surface area contributed by atoms with Crippen LogP contribution < -0.4 is 16.0 Å². The van der Waals surface area contributed by atoms with Crippen molar-refractivity contribution in [3.8, 4) is 6.07 Å². The fourth-order valence-corrected chi connectivity index (χ4v) is 5.44. The molecule has 6 rings (SSSR count). The van der Waals surface area contributed by atoms with Gasteiger partial charge >= 0.3 is 0 Å². The third-order valence-corrected chi connectivity index (χ3v) is 7.48. The molecule has 3 fully saturated rings. The largest absolute Gasteiger partial charge is 0.383 e. The lowest BCUT2D eigenvalue weighted by Gasteiger charge is -2.52. The summed E-state index contributed by atoms with van der Waals surface area (Å²) in [7, 11) is 1.76. The summed E-state index contributed by atoms with van der Waals surface area (Å²) in [5.41, 5.74) is 9.70. The van der Waals surface area contributed by atoms with Crippen LogP contribution in [0, 0.1) is 25.2 Å². The maximum Gasteiger partial charge on any atom is 0.158 e. The lowest BCUT2D eigenvalue weighted by atomic mass is 9.90. The molecule has 0 amide bonds. The number of piperidine rings is 2. The number of benzene rings is 1. The molecule has 2 bridgehead atoms. The van der Waals surface area contributed by atoms with Gasteiger partial charge in [-0.25, -0.2) is 4.98 Å². The Morgan fingerprint density at radius 3 is 2.77 bits per heavy atom. The van der Waals surface area contributed by atoms with E-state index < -0.39 is 6.17 Å². The van der Waals surface area contributed by atoms with Crippen LogP contribution in [-0.2, 0) is 4.74 Å². The van der Waals surface area contributed by atoms with Crippen LogP contribution in [0.2, 0.25) is 0 Å². The quantitative estimate of drug-likeness (QED) is 0.501. The Bertz CT molecular complexity index is 1270. The molecule has 3 aliphatic rings. The second-order valence-electron chi connectivity index (χ2n) is 9.50. The summed E-state index contributed by atoms with van der Waals surface area (Å²) in [6, 6.07) is 10.9. The predicted molar refractivity (Wildman–Crippen MR) is 136 cm³/mol. The molecule has 2 aromatic heterocycles. The van der Waals surface area contributed by atoms with Gasteiger partial charge in [0, 0.05) is 55.8 Å². The lowest BCUT2D eigenvalue weighted by molar-refractivity contribution is 0.0641. The number of ether oxygens (including phenoxy) is 1. The molecule has 0 radical (unpaired) electrons. The smallest absolute Gasteiger partial charge is 0.158 e. The van der Waals surface area contributed by atoms with Crippen molar-refractivity contribution >= 4 is 22.4 Å². The van der Waals surface area contributed by atoms with Crippen LogP contribution in [-0.4, -0.2) is 65.5 Å². The first-order valence-electron chi connectivity index (χ1n) is 12.1. The molecule has 3 atom stereocenters. The van der Waals surface area contributed by atoms with Gasteiger partial charge in [-0.15, -0.1) is 5.10 Å². The number of anilines is 2. The predicted octanol–water partition coefficient (Wildman–Crippen LogP) is 2.88. The number of nitrogens with zero attached hydrogens (tertiary/aromatic N) is 6. The summed E-state index contributed by atoms with van der Waals surface area (Å²) in [4.78, 5) is 9.82. The highest BCUT2D eigenvalue weighted by molar-refractivity contribution is 5.94. The molecule has 3 aromatic rings. The molecule has 35 heavy (non-hydrogen) atoms. The Hall–Kier alpha value is -3.32. The molecule has 1 unspecified atom stereocenters. The minimum absolute atomic E-state index is 0.438. The Labute approximate surface area is 205 Å². The number of pyridine rings is 1. The second-order valence-corrected chi connectivity index (χ2v) is 9.50. The van der Waals surface area contributed by atoms with Gasteiger partial charge in [-0.2, -0.15) is 10.4 Å². The summed E-state index contributed by atoms with van der Waals surface area (Å²) in [6.45, 7) is 7.60. The number of hydrogen-bond acceptors (Lipinski definition) is 9. The van der Waals surface area contributed by atoms with E-state index in [0.717, 1.165) is 59.7 Å². The Kier molecular flexibility index (Phi) is 6.52. The number of methoxy groups -OCH3 is 1. The van der Waals surface area contributed by atoms with Crippen molar-refractivity contribution in [1.82, 2.24) is 20.1 Å². The van der Waals surface area contributed by atoms with Crippen molar-refractivity contribution in [2.75, 3.05) is 43.6 Å². The maximum atomic E-state index is 9.39. The normalized spacial score (nSPS) is 20.7. The third-order valence-electron chi connectivity index (χ3n) is 7.48. The number of aryl methyl sites for hydroxylation is 1. The number of aromatic nitrogens is 3. The number of piperazine rings is 1. The lowest BCUT2D eigenvalue weighted by Crippen LogP contribution is -2.63. The number of hydrogen-bond donors (Lipinski definition) is 2. The zero-order valence-corrected chi connectivity index (χ0v) is 20.5. The second kappa shape index (κ2) is 9.74. The maximum absolute atomic E-state index is 9.39. The van der Waals surface area contributed by atoms with Gasteiger partial charge in [0.1, 0.15) is 12.0 Å². The minimum Gasteiger partial charge on any atom is -0.383 e. The number of fused-ring (bicyclic) bond motifs is 4. The SMILES string of the molecule is COCCN1CC2CC[C@@H]1CN2c1cc2c(N[C@H](N)c3cccc(C#N)c3C)nnc(C)c2cn1. The van der Waals surface area contributed by atoms with Gasteiger partial charge in [-0.05, 0) is 49.9 Å². The monoisotopic (exact) mass is 472 g/mol. The van der Waals surface area contributed by atoms with Crippen LogP contribution in [0.1, 0.15) is 41.4 Å². The van der Waals surface area contributed by atoms with Crippen LogP contribution in [0.15, 0.2) is 30.5 Å². The fourth-order valence-electron chi connectivity index (χ4n) is 5.44. The minimum atomic E-state index is -0.527. The Morgan fingerprint density at radius 1 is 1.20 bits per heavy atom. The molecule has 9 nitrogen and oxygen atoms in total. The van der Waals surface area contributed by atoms with E-state index in [1.807, 2.05) is 32.2 Å². The number of rotatable bonds is 7. The third kappa shape index (κ3) is 4.41. The molecule has 3 aliphatic heterocycles. The molecule has 5 heterocycles. The average Bonchev–Trinajstić information content (AvgIpc) is 2.89. The number of nitrogens with one attached hydrogen (secondary N) is 1. The van der Waals surface area contributed by atoms with Crippen molar-refractivity contribution < 1.29 is 4.74 Å². The zero-order chi connectivity index (χ0) is 24.5. The molecule has 3 N–H and O–H groups in total. The summed E-state index contributed by atoms with van der Waals surface area (Å²) >= 11 is 0. The van der Waals surface area contributed by atoms with Crippen LogP contribution in [0.5, 0.6) is 0 Å². The van der Waals surface area contributed by atoms with Crippen LogP contribution in [0.3, 0.4) is 0 Å². The first kappa shape index (κ1) is 23.4. The van der Waals surface area contributed by atoms with E-state index in [1.54, 1.807) is 13.2 Å². The zero-order valence-electron chi connectivity index (χ0n) is 20.5. The van der Waals surface area contributed by atoms with Gasteiger partial charge in [0.15, 0.2) is 5.82 Å². The summed E-state index contributed by atoms with van der Waals surface area (Å²) in [6.07, 6.45) is 3.76. The molecular formula is C26H32N8O. The van der Waals surface area contributed by atoms with Gasteiger partial charge in [-0.3, -0.25) is 4.90 Å². The van der Waals surface area contributed by atoms with E-state index in [4.69, 9.17) is 15.5 Å².